The highest BCUT2D eigenvalue weighted by atomic mass is 16.2. The number of nitrogens with two attached hydrogens (primary N) is 1. The van der Waals surface area contributed by atoms with Gasteiger partial charge in [0.1, 0.15) is 0 Å². The van der Waals surface area contributed by atoms with E-state index in [2.05, 4.69) is 30.0 Å². The van der Waals surface area contributed by atoms with E-state index in [0.29, 0.717) is 5.56 Å². The van der Waals surface area contributed by atoms with Gasteiger partial charge >= 0.3 is 0 Å². The number of primary amides is 1. The van der Waals surface area contributed by atoms with Crippen LogP contribution in [-0.2, 0) is 11.3 Å². The van der Waals surface area contributed by atoms with Gasteiger partial charge in [0.25, 0.3) is 0 Å². The summed E-state index contributed by atoms with van der Waals surface area (Å²) < 4.78 is 0. The van der Waals surface area contributed by atoms with Crippen LogP contribution in [0.15, 0.2) is 72.8 Å². The molecule has 0 aliphatic carbocycles. The molecule has 1 unspecified atom stereocenters. The molecule has 4 rings (SSSR count). The second-order valence-electron chi connectivity index (χ2n) is 7.97. The first kappa shape index (κ1) is 20.7. The first-order valence-electron chi connectivity index (χ1n) is 10.6. The second kappa shape index (κ2) is 8.64. The van der Waals surface area contributed by atoms with Gasteiger partial charge in [-0.1, -0.05) is 55.5 Å². The van der Waals surface area contributed by atoms with Crippen molar-refractivity contribution in [3.63, 3.8) is 0 Å². The van der Waals surface area contributed by atoms with E-state index in [4.69, 9.17) is 5.73 Å². The van der Waals surface area contributed by atoms with Gasteiger partial charge < -0.3 is 15.5 Å². The summed E-state index contributed by atoms with van der Waals surface area (Å²) in [6.07, 6.45) is 0.882. The van der Waals surface area contributed by atoms with Gasteiger partial charge in [-0.05, 0) is 47.4 Å². The number of carbonyl (C=O) groups is 2. The molecule has 0 saturated carbocycles. The predicted molar refractivity (Wildman–Crippen MR) is 125 cm³/mol. The Kier molecular flexibility index (Phi) is 5.76. The van der Waals surface area contributed by atoms with Crippen LogP contribution in [0.3, 0.4) is 0 Å². The Balaban J connectivity index is 1.81. The topological polar surface area (TPSA) is 66.6 Å². The Bertz CT molecular complexity index is 1110. The number of benzene rings is 3. The van der Waals surface area contributed by atoms with Crippen LogP contribution >= 0.6 is 0 Å². The first-order valence-corrected chi connectivity index (χ1v) is 10.6. The Morgan fingerprint density at radius 3 is 2.35 bits per heavy atom. The van der Waals surface area contributed by atoms with Crippen molar-refractivity contribution in [2.45, 2.75) is 32.9 Å². The van der Waals surface area contributed by atoms with Crippen molar-refractivity contribution >= 4 is 23.2 Å². The molecule has 2 N–H and O–H groups in total. The third kappa shape index (κ3) is 4.17. The average Bonchev–Trinajstić information content (AvgIpc) is 2.79. The Labute approximate surface area is 183 Å². The molecule has 0 saturated heterocycles. The SMILES string of the molecule is CCC1CN(Cc2ccccc2)c2cc(-c3cccc(C(N)=O)c3)ccc2N1C(C)=O. The van der Waals surface area contributed by atoms with E-state index in [-0.39, 0.29) is 11.9 Å². The zero-order valence-corrected chi connectivity index (χ0v) is 17.9. The Morgan fingerprint density at radius 1 is 0.935 bits per heavy atom. The van der Waals surface area contributed by atoms with Crippen molar-refractivity contribution < 1.29 is 9.59 Å². The summed E-state index contributed by atoms with van der Waals surface area (Å²) in [5.74, 6) is -0.394. The minimum atomic E-state index is -0.445. The van der Waals surface area contributed by atoms with Crippen molar-refractivity contribution in [2.75, 3.05) is 16.3 Å². The molecular formula is C26H27N3O2. The second-order valence-corrected chi connectivity index (χ2v) is 7.97. The van der Waals surface area contributed by atoms with Crippen molar-refractivity contribution in [2.24, 2.45) is 5.73 Å². The third-order valence-corrected chi connectivity index (χ3v) is 5.88. The molecule has 5 heteroatoms. The fourth-order valence-corrected chi connectivity index (χ4v) is 4.34. The lowest BCUT2D eigenvalue weighted by Gasteiger charge is -2.43. The number of anilines is 2. The van der Waals surface area contributed by atoms with Crippen molar-refractivity contribution in [3.05, 3.63) is 83.9 Å². The zero-order chi connectivity index (χ0) is 22.0. The van der Waals surface area contributed by atoms with E-state index in [1.807, 2.05) is 53.4 Å². The highest BCUT2D eigenvalue weighted by Crippen LogP contribution is 2.40. The number of rotatable bonds is 5. The van der Waals surface area contributed by atoms with Gasteiger partial charge in [-0.25, -0.2) is 0 Å². The lowest BCUT2D eigenvalue weighted by molar-refractivity contribution is -0.117. The van der Waals surface area contributed by atoms with Gasteiger partial charge in [0.15, 0.2) is 0 Å². The van der Waals surface area contributed by atoms with E-state index in [9.17, 15) is 9.59 Å². The Morgan fingerprint density at radius 2 is 1.68 bits per heavy atom. The zero-order valence-electron chi connectivity index (χ0n) is 17.9. The maximum Gasteiger partial charge on any atom is 0.248 e. The molecular weight excluding hydrogens is 386 g/mol. The third-order valence-electron chi connectivity index (χ3n) is 5.88. The van der Waals surface area contributed by atoms with E-state index >= 15 is 0 Å². The summed E-state index contributed by atoms with van der Waals surface area (Å²) in [7, 11) is 0. The summed E-state index contributed by atoms with van der Waals surface area (Å²) in [4.78, 5) is 28.4. The molecule has 158 valence electrons. The molecule has 0 bridgehead atoms. The first-order chi connectivity index (χ1) is 15.0. The van der Waals surface area contributed by atoms with Gasteiger partial charge in [-0.3, -0.25) is 9.59 Å². The lowest BCUT2D eigenvalue weighted by Crippen LogP contribution is -2.50. The normalized spacial score (nSPS) is 15.5. The minimum Gasteiger partial charge on any atom is -0.366 e. The quantitative estimate of drug-likeness (QED) is 0.665. The van der Waals surface area contributed by atoms with Gasteiger partial charge in [-0.15, -0.1) is 0 Å². The largest absolute Gasteiger partial charge is 0.366 e. The number of amides is 2. The molecule has 2 amide bonds. The standard InChI is InChI=1S/C26H27N3O2/c1-3-23-17-28(16-19-8-5-4-6-9-19)25-15-21(12-13-24(25)29(23)18(2)30)20-10-7-11-22(14-20)26(27)31/h4-15,23H,3,16-17H2,1-2H3,(H2,27,31). The van der Waals surface area contributed by atoms with Crippen LogP contribution in [0.2, 0.25) is 0 Å². The molecule has 5 nitrogen and oxygen atoms in total. The fraction of sp³-hybridized carbons (Fsp3) is 0.231. The fourth-order valence-electron chi connectivity index (χ4n) is 4.34. The van der Waals surface area contributed by atoms with Crippen molar-refractivity contribution in [1.82, 2.24) is 0 Å². The smallest absolute Gasteiger partial charge is 0.248 e. The molecule has 0 radical (unpaired) electrons. The van der Waals surface area contributed by atoms with Crippen LogP contribution < -0.4 is 15.5 Å². The summed E-state index contributed by atoms with van der Waals surface area (Å²) in [5, 5.41) is 0. The molecule has 0 fully saturated rings. The van der Waals surface area contributed by atoms with E-state index < -0.39 is 5.91 Å². The predicted octanol–water partition coefficient (Wildman–Crippen LogP) is 4.60. The average molecular weight is 414 g/mol. The van der Waals surface area contributed by atoms with E-state index in [0.717, 1.165) is 42.0 Å². The van der Waals surface area contributed by atoms with Crippen LogP contribution in [0.25, 0.3) is 11.1 Å². The molecule has 1 aliphatic heterocycles. The van der Waals surface area contributed by atoms with Gasteiger partial charge in [-0.2, -0.15) is 0 Å². The molecule has 1 heterocycles. The van der Waals surface area contributed by atoms with Crippen molar-refractivity contribution in [3.8, 4) is 11.1 Å². The molecule has 3 aromatic carbocycles. The maximum atomic E-state index is 12.5. The number of fused-ring (bicyclic) bond motifs is 1. The van der Waals surface area contributed by atoms with Crippen LogP contribution in [-0.4, -0.2) is 24.4 Å². The highest BCUT2D eigenvalue weighted by molar-refractivity contribution is 5.98. The molecule has 31 heavy (non-hydrogen) atoms. The van der Waals surface area contributed by atoms with Gasteiger partial charge in [0.2, 0.25) is 11.8 Å². The summed E-state index contributed by atoms with van der Waals surface area (Å²) in [6.45, 7) is 5.28. The number of hydrogen-bond donors (Lipinski definition) is 1. The van der Waals surface area contributed by atoms with E-state index in [1.54, 1.807) is 13.0 Å². The summed E-state index contributed by atoms with van der Waals surface area (Å²) in [6, 6.07) is 24.0. The molecule has 0 spiro atoms. The van der Waals surface area contributed by atoms with Crippen LogP contribution in [0.4, 0.5) is 11.4 Å². The lowest BCUT2D eigenvalue weighted by atomic mass is 9.98. The molecule has 0 aromatic heterocycles. The monoisotopic (exact) mass is 413 g/mol. The van der Waals surface area contributed by atoms with Gasteiger partial charge in [0, 0.05) is 25.6 Å². The van der Waals surface area contributed by atoms with Crippen LogP contribution in [0.1, 0.15) is 36.2 Å². The number of nitrogens with zero attached hydrogens (tertiary/aromatic N) is 2. The number of hydrogen-bond acceptors (Lipinski definition) is 3. The van der Waals surface area contributed by atoms with E-state index in [1.165, 1.54) is 5.56 Å². The van der Waals surface area contributed by atoms with Crippen LogP contribution in [0, 0.1) is 0 Å². The van der Waals surface area contributed by atoms with Gasteiger partial charge in [0.05, 0.1) is 17.4 Å². The van der Waals surface area contributed by atoms with Crippen molar-refractivity contribution in [1.29, 1.82) is 0 Å². The number of carbonyl (C=O) groups excluding carboxylic acids is 2. The molecule has 1 aliphatic rings. The Hall–Kier alpha value is -3.60. The summed E-state index contributed by atoms with van der Waals surface area (Å²) >= 11 is 0. The highest BCUT2D eigenvalue weighted by Gasteiger charge is 2.32. The minimum absolute atomic E-state index is 0.0518. The summed E-state index contributed by atoms with van der Waals surface area (Å²) in [5.41, 5.74) is 11.0. The van der Waals surface area contributed by atoms with Crippen LogP contribution in [0.5, 0.6) is 0 Å². The maximum absolute atomic E-state index is 12.5. The molecule has 3 aromatic rings. The molecule has 1 atom stereocenters.